The fraction of sp³-hybridized carbons (Fsp3) is 0.500. The van der Waals surface area contributed by atoms with Crippen molar-refractivity contribution in [3.8, 4) is 5.75 Å². The van der Waals surface area contributed by atoms with Gasteiger partial charge in [0.25, 0.3) is 5.91 Å². The summed E-state index contributed by atoms with van der Waals surface area (Å²) in [4.78, 5) is 13.9. The molecule has 0 bridgehead atoms. The number of carbonyl (C=O) groups is 1. The Morgan fingerprint density at radius 3 is 2.68 bits per heavy atom. The second-order valence-electron chi connectivity index (χ2n) is 5.00. The van der Waals surface area contributed by atoms with Crippen molar-refractivity contribution in [1.82, 2.24) is 4.90 Å². The Morgan fingerprint density at radius 1 is 1.37 bits per heavy atom. The summed E-state index contributed by atoms with van der Waals surface area (Å²) in [5.74, 6) is -0.128. The summed E-state index contributed by atoms with van der Waals surface area (Å²) >= 11 is 3.19. The highest BCUT2D eigenvalue weighted by atomic mass is 79.9. The second kappa shape index (κ2) is 5.92. The minimum Gasteiger partial charge on any atom is -0.507 e. The number of carbonyl (C=O) groups excluding carboxylic acids is 1. The fourth-order valence-electron chi connectivity index (χ4n) is 2.54. The van der Waals surface area contributed by atoms with E-state index in [1.807, 2.05) is 0 Å². The van der Waals surface area contributed by atoms with Crippen LogP contribution < -0.4 is 0 Å². The largest absolute Gasteiger partial charge is 0.507 e. The van der Waals surface area contributed by atoms with Crippen molar-refractivity contribution in [3.63, 3.8) is 0 Å². The number of benzene rings is 1. The van der Waals surface area contributed by atoms with Crippen LogP contribution in [0.2, 0.25) is 0 Å². The molecule has 1 saturated carbocycles. The molecule has 4 nitrogen and oxygen atoms in total. The molecule has 1 aromatic rings. The number of phenols is 1. The molecule has 2 rings (SSSR count). The average Bonchev–Trinajstić information content (AvgIpc) is 2.41. The van der Waals surface area contributed by atoms with Crippen molar-refractivity contribution in [1.29, 1.82) is 0 Å². The molecule has 0 saturated heterocycles. The minimum absolute atomic E-state index is 0.0449. The van der Waals surface area contributed by atoms with Gasteiger partial charge in [-0.3, -0.25) is 4.79 Å². The lowest BCUT2D eigenvalue weighted by Gasteiger charge is -2.35. The molecule has 2 unspecified atom stereocenters. The maximum absolute atomic E-state index is 12.3. The monoisotopic (exact) mass is 327 g/mol. The third-order valence-corrected chi connectivity index (χ3v) is 4.38. The molecule has 0 aliphatic heterocycles. The maximum Gasteiger partial charge on any atom is 0.254 e. The van der Waals surface area contributed by atoms with Crippen molar-refractivity contribution in [3.05, 3.63) is 28.2 Å². The van der Waals surface area contributed by atoms with E-state index < -0.39 is 6.10 Å². The summed E-state index contributed by atoms with van der Waals surface area (Å²) in [5, 5.41) is 19.6. The Bertz CT molecular complexity index is 478. The average molecular weight is 328 g/mol. The molecular weight excluding hydrogens is 310 g/mol. The third kappa shape index (κ3) is 3.09. The Balaban J connectivity index is 2.15. The van der Waals surface area contributed by atoms with Crippen molar-refractivity contribution < 1.29 is 15.0 Å². The van der Waals surface area contributed by atoms with Gasteiger partial charge in [-0.25, -0.2) is 0 Å². The predicted octanol–water partition coefficient (Wildman–Crippen LogP) is 2.53. The van der Waals surface area contributed by atoms with Crippen LogP contribution in [0.1, 0.15) is 36.0 Å². The van der Waals surface area contributed by atoms with Gasteiger partial charge < -0.3 is 15.1 Å². The van der Waals surface area contributed by atoms with Gasteiger partial charge in [0, 0.05) is 12.6 Å². The summed E-state index contributed by atoms with van der Waals surface area (Å²) in [6.45, 7) is 0. The number of aromatic hydroxyl groups is 1. The molecule has 1 aromatic carbocycles. The number of aliphatic hydroxyl groups is 1. The van der Waals surface area contributed by atoms with E-state index in [9.17, 15) is 15.0 Å². The maximum atomic E-state index is 12.3. The van der Waals surface area contributed by atoms with Crippen molar-refractivity contribution in [2.45, 2.75) is 37.8 Å². The SMILES string of the molecule is CN(C(=O)c1ccc(Br)c(O)c1)C1CCCCC1O. The molecule has 104 valence electrons. The first-order chi connectivity index (χ1) is 9.00. The summed E-state index contributed by atoms with van der Waals surface area (Å²) in [6, 6.07) is 4.62. The van der Waals surface area contributed by atoms with Gasteiger partial charge in [-0.2, -0.15) is 0 Å². The van der Waals surface area contributed by atoms with E-state index in [-0.39, 0.29) is 17.7 Å². The van der Waals surface area contributed by atoms with E-state index in [1.54, 1.807) is 24.1 Å². The normalized spacial score (nSPS) is 23.1. The van der Waals surface area contributed by atoms with E-state index >= 15 is 0 Å². The Morgan fingerprint density at radius 2 is 2.05 bits per heavy atom. The number of hydrogen-bond acceptors (Lipinski definition) is 3. The Labute approximate surface area is 121 Å². The van der Waals surface area contributed by atoms with Gasteiger partial charge in [0.05, 0.1) is 16.6 Å². The number of aliphatic hydroxyl groups excluding tert-OH is 1. The molecule has 1 amide bonds. The van der Waals surface area contributed by atoms with Gasteiger partial charge in [-0.05, 0) is 47.0 Å². The van der Waals surface area contributed by atoms with Crippen LogP contribution >= 0.6 is 15.9 Å². The molecule has 2 N–H and O–H groups in total. The highest BCUT2D eigenvalue weighted by Gasteiger charge is 2.29. The topological polar surface area (TPSA) is 60.8 Å². The Hall–Kier alpha value is -1.07. The molecule has 19 heavy (non-hydrogen) atoms. The molecule has 0 radical (unpaired) electrons. The zero-order valence-electron chi connectivity index (χ0n) is 10.8. The van der Waals surface area contributed by atoms with Gasteiger partial charge in [0.1, 0.15) is 5.75 Å². The number of rotatable bonds is 2. The molecule has 0 heterocycles. The number of amides is 1. The molecule has 0 spiro atoms. The lowest BCUT2D eigenvalue weighted by molar-refractivity contribution is 0.0268. The van der Waals surface area contributed by atoms with Crippen LogP contribution in [0.15, 0.2) is 22.7 Å². The van der Waals surface area contributed by atoms with Gasteiger partial charge >= 0.3 is 0 Å². The van der Waals surface area contributed by atoms with E-state index in [0.717, 1.165) is 25.7 Å². The van der Waals surface area contributed by atoms with Crippen LogP contribution in [0, 0.1) is 0 Å². The summed E-state index contributed by atoms with van der Waals surface area (Å²) in [5.41, 5.74) is 0.431. The standard InChI is InChI=1S/C14H18BrNO3/c1-16(11-4-2-3-5-12(11)17)14(19)9-6-7-10(15)13(18)8-9/h6-8,11-12,17-18H,2-5H2,1H3. The summed E-state index contributed by atoms with van der Waals surface area (Å²) in [6.07, 6.45) is 3.16. The van der Waals surface area contributed by atoms with E-state index in [2.05, 4.69) is 15.9 Å². The van der Waals surface area contributed by atoms with Crippen LogP contribution in [0.5, 0.6) is 5.75 Å². The zero-order valence-corrected chi connectivity index (χ0v) is 12.4. The highest BCUT2D eigenvalue weighted by Crippen LogP contribution is 2.27. The van der Waals surface area contributed by atoms with Gasteiger partial charge in [0.15, 0.2) is 0 Å². The van der Waals surface area contributed by atoms with Crippen LogP contribution in [0.3, 0.4) is 0 Å². The first kappa shape index (κ1) is 14.3. The lowest BCUT2D eigenvalue weighted by atomic mass is 9.91. The number of phenolic OH excluding ortho intramolecular Hbond substituents is 1. The predicted molar refractivity (Wildman–Crippen MR) is 76.2 cm³/mol. The van der Waals surface area contributed by atoms with E-state index in [1.165, 1.54) is 6.07 Å². The van der Waals surface area contributed by atoms with Gasteiger partial charge in [-0.1, -0.05) is 12.8 Å². The van der Waals surface area contributed by atoms with Crippen LogP contribution in [-0.4, -0.2) is 40.2 Å². The van der Waals surface area contributed by atoms with Crippen LogP contribution in [0.4, 0.5) is 0 Å². The van der Waals surface area contributed by atoms with Crippen molar-refractivity contribution >= 4 is 21.8 Å². The Kier molecular flexibility index (Phi) is 4.47. The molecule has 5 heteroatoms. The molecule has 0 aromatic heterocycles. The minimum atomic E-state index is -0.452. The van der Waals surface area contributed by atoms with E-state index in [0.29, 0.717) is 10.0 Å². The smallest absolute Gasteiger partial charge is 0.254 e. The van der Waals surface area contributed by atoms with Crippen molar-refractivity contribution in [2.24, 2.45) is 0 Å². The zero-order chi connectivity index (χ0) is 14.0. The summed E-state index contributed by atoms with van der Waals surface area (Å²) in [7, 11) is 1.71. The molecule has 1 fully saturated rings. The lowest BCUT2D eigenvalue weighted by Crippen LogP contribution is -2.46. The third-order valence-electron chi connectivity index (χ3n) is 3.70. The molecule has 2 atom stereocenters. The number of halogens is 1. The van der Waals surface area contributed by atoms with Gasteiger partial charge in [-0.15, -0.1) is 0 Å². The van der Waals surface area contributed by atoms with E-state index in [4.69, 9.17) is 0 Å². The second-order valence-corrected chi connectivity index (χ2v) is 5.86. The molecule has 1 aliphatic rings. The quantitative estimate of drug-likeness (QED) is 0.877. The highest BCUT2D eigenvalue weighted by molar-refractivity contribution is 9.10. The van der Waals surface area contributed by atoms with Gasteiger partial charge in [0.2, 0.25) is 0 Å². The number of nitrogens with zero attached hydrogens (tertiary/aromatic N) is 1. The van der Waals surface area contributed by atoms with Crippen LogP contribution in [-0.2, 0) is 0 Å². The molecular formula is C14H18BrNO3. The summed E-state index contributed by atoms with van der Waals surface area (Å²) < 4.78 is 0.560. The fourth-order valence-corrected chi connectivity index (χ4v) is 2.79. The van der Waals surface area contributed by atoms with Crippen LogP contribution in [0.25, 0.3) is 0 Å². The molecule has 1 aliphatic carbocycles. The first-order valence-electron chi connectivity index (χ1n) is 6.44. The first-order valence-corrected chi connectivity index (χ1v) is 7.23. The van der Waals surface area contributed by atoms with Crippen molar-refractivity contribution in [2.75, 3.05) is 7.05 Å². The number of hydrogen-bond donors (Lipinski definition) is 2. The number of likely N-dealkylation sites (N-methyl/N-ethyl adjacent to an activating group) is 1.